The van der Waals surface area contributed by atoms with Gasteiger partial charge in [0.2, 0.25) is 17.7 Å². The number of para-hydroxylation sites is 2. The van der Waals surface area contributed by atoms with Gasteiger partial charge in [-0.25, -0.2) is 0 Å². The van der Waals surface area contributed by atoms with E-state index in [1.54, 1.807) is 11.9 Å². The molecule has 3 amide bonds. The first-order valence-corrected chi connectivity index (χ1v) is 9.68. The minimum atomic E-state index is -0.257. The Bertz CT molecular complexity index is 895. The van der Waals surface area contributed by atoms with Crippen molar-refractivity contribution in [3.63, 3.8) is 0 Å². The summed E-state index contributed by atoms with van der Waals surface area (Å²) < 4.78 is 0. The Morgan fingerprint density at radius 1 is 1.10 bits per heavy atom. The summed E-state index contributed by atoms with van der Waals surface area (Å²) in [5, 5.41) is 5.89. The number of aryl methyl sites for hydroxylation is 1. The fourth-order valence-corrected chi connectivity index (χ4v) is 3.21. The van der Waals surface area contributed by atoms with Gasteiger partial charge in [-0.2, -0.15) is 0 Å². The van der Waals surface area contributed by atoms with Crippen molar-refractivity contribution < 1.29 is 14.4 Å². The number of benzene rings is 2. The van der Waals surface area contributed by atoms with Crippen LogP contribution in [0.5, 0.6) is 0 Å². The predicted molar refractivity (Wildman–Crippen MR) is 114 cm³/mol. The molecule has 1 saturated heterocycles. The first-order valence-electron chi connectivity index (χ1n) is 9.68. The zero-order chi connectivity index (χ0) is 20.8. The molecule has 0 unspecified atom stereocenters. The molecule has 0 radical (unpaired) electrons. The third-order valence-electron chi connectivity index (χ3n) is 4.84. The van der Waals surface area contributed by atoms with E-state index in [0.29, 0.717) is 18.7 Å². The standard InChI is InChI=1S/C22H26N4O3/c1-16-9-11-17(12-10-16)24-20(27)15-25(2)22(29)14-23-18-6-3-4-7-19(18)26-13-5-8-21(26)28/h3-4,6-7,9-12,23H,5,8,13-15H2,1-2H3,(H,24,27). The van der Waals surface area contributed by atoms with Gasteiger partial charge in [0, 0.05) is 25.7 Å². The molecular formula is C22H26N4O3. The summed E-state index contributed by atoms with van der Waals surface area (Å²) in [6, 6.07) is 14.9. The normalized spacial score (nSPS) is 13.3. The van der Waals surface area contributed by atoms with Crippen molar-refractivity contribution in [1.82, 2.24) is 4.90 Å². The maximum absolute atomic E-state index is 12.4. The second kappa shape index (κ2) is 9.23. The molecule has 2 aromatic carbocycles. The first kappa shape index (κ1) is 20.4. The molecule has 0 aliphatic carbocycles. The Morgan fingerprint density at radius 2 is 1.83 bits per heavy atom. The van der Waals surface area contributed by atoms with Gasteiger partial charge < -0.3 is 20.4 Å². The molecule has 29 heavy (non-hydrogen) atoms. The van der Waals surface area contributed by atoms with Gasteiger partial charge in [-0.1, -0.05) is 29.8 Å². The maximum atomic E-state index is 12.4. The van der Waals surface area contributed by atoms with Crippen LogP contribution in [-0.2, 0) is 14.4 Å². The lowest BCUT2D eigenvalue weighted by Crippen LogP contribution is -2.38. The van der Waals surface area contributed by atoms with Gasteiger partial charge in [0.05, 0.1) is 24.5 Å². The molecule has 2 N–H and O–H groups in total. The molecule has 0 saturated carbocycles. The van der Waals surface area contributed by atoms with Crippen molar-refractivity contribution in [1.29, 1.82) is 0 Å². The lowest BCUT2D eigenvalue weighted by atomic mass is 10.2. The fraction of sp³-hybridized carbons (Fsp3) is 0.318. The molecule has 0 spiro atoms. The SMILES string of the molecule is Cc1ccc(NC(=O)CN(C)C(=O)CNc2ccccc2N2CCCC2=O)cc1. The number of nitrogens with zero attached hydrogens (tertiary/aromatic N) is 2. The van der Waals surface area contributed by atoms with Crippen LogP contribution in [0, 0.1) is 6.92 Å². The van der Waals surface area contributed by atoms with Crippen molar-refractivity contribution in [3.8, 4) is 0 Å². The van der Waals surface area contributed by atoms with Gasteiger partial charge in [0.15, 0.2) is 0 Å². The van der Waals surface area contributed by atoms with Crippen LogP contribution in [-0.4, -0.2) is 49.3 Å². The Kier molecular flexibility index (Phi) is 6.49. The highest BCUT2D eigenvalue weighted by molar-refractivity contribution is 5.99. The van der Waals surface area contributed by atoms with Gasteiger partial charge in [-0.15, -0.1) is 0 Å². The number of nitrogens with one attached hydrogen (secondary N) is 2. The van der Waals surface area contributed by atoms with Crippen molar-refractivity contribution in [3.05, 3.63) is 54.1 Å². The van der Waals surface area contributed by atoms with Crippen molar-refractivity contribution in [2.24, 2.45) is 0 Å². The van der Waals surface area contributed by atoms with E-state index in [2.05, 4.69) is 10.6 Å². The number of amides is 3. The average molecular weight is 394 g/mol. The number of anilines is 3. The molecule has 7 nitrogen and oxygen atoms in total. The third kappa shape index (κ3) is 5.34. The van der Waals surface area contributed by atoms with E-state index >= 15 is 0 Å². The first-order chi connectivity index (χ1) is 13.9. The lowest BCUT2D eigenvalue weighted by molar-refractivity contribution is -0.131. The molecule has 7 heteroatoms. The van der Waals surface area contributed by atoms with Gasteiger partial charge >= 0.3 is 0 Å². The smallest absolute Gasteiger partial charge is 0.243 e. The molecule has 0 aromatic heterocycles. The molecule has 3 rings (SSSR count). The van der Waals surface area contributed by atoms with E-state index in [1.807, 2.05) is 55.5 Å². The average Bonchev–Trinajstić information content (AvgIpc) is 3.13. The van der Waals surface area contributed by atoms with Gasteiger partial charge in [0.1, 0.15) is 0 Å². The molecule has 1 aliphatic heterocycles. The summed E-state index contributed by atoms with van der Waals surface area (Å²) in [7, 11) is 1.59. The van der Waals surface area contributed by atoms with Crippen LogP contribution < -0.4 is 15.5 Å². The largest absolute Gasteiger partial charge is 0.374 e. The quantitative estimate of drug-likeness (QED) is 0.756. The highest BCUT2D eigenvalue weighted by atomic mass is 16.2. The summed E-state index contributed by atoms with van der Waals surface area (Å²) in [4.78, 5) is 39.8. The van der Waals surface area contributed by atoms with Crippen molar-refractivity contribution in [2.75, 3.05) is 42.2 Å². The highest BCUT2D eigenvalue weighted by Gasteiger charge is 2.24. The molecule has 0 atom stereocenters. The third-order valence-corrected chi connectivity index (χ3v) is 4.84. The Morgan fingerprint density at radius 3 is 2.52 bits per heavy atom. The number of rotatable bonds is 7. The van der Waals surface area contributed by atoms with E-state index in [-0.39, 0.29) is 30.8 Å². The minimum absolute atomic E-state index is 0.0351. The number of hydrogen-bond donors (Lipinski definition) is 2. The van der Waals surface area contributed by atoms with Crippen LogP contribution in [0.2, 0.25) is 0 Å². The van der Waals surface area contributed by atoms with E-state index in [9.17, 15) is 14.4 Å². The van der Waals surface area contributed by atoms with Crippen LogP contribution in [0.25, 0.3) is 0 Å². The Labute approximate surface area is 170 Å². The zero-order valence-electron chi connectivity index (χ0n) is 16.8. The Hall–Kier alpha value is -3.35. The fourth-order valence-electron chi connectivity index (χ4n) is 3.21. The molecule has 1 fully saturated rings. The maximum Gasteiger partial charge on any atom is 0.243 e. The Balaban J connectivity index is 1.53. The van der Waals surface area contributed by atoms with E-state index in [0.717, 1.165) is 23.4 Å². The van der Waals surface area contributed by atoms with Crippen LogP contribution in [0.3, 0.4) is 0 Å². The van der Waals surface area contributed by atoms with Crippen molar-refractivity contribution >= 4 is 34.8 Å². The van der Waals surface area contributed by atoms with Crippen LogP contribution >= 0.6 is 0 Å². The zero-order valence-corrected chi connectivity index (χ0v) is 16.8. The van der Waals surface area contributed by atoms with Gasteiger partial charge in [-0.05, 0) is 37.6 Å². The molecule has 0 bridgehead atoms. The van der Waals surface area contributed by atoms with E-state index < -0.39 is 0 Å². The van der Waals surface area contributed by atoms with Crippen LogP contribution in [0.15, 0.2) is 48.5 Å². The molecule has 152 valence electrons. The monoisotopic (exact) mass is 394 g/mol. The topological polar surface area (TPSA) is 81.8 Å². The molecule has 1 aliphatic rings. The number of carbonyl (C=O) groups excluding carboxylic acids is 3. The highest BCUT2D eigenvalue weighted by Crippen LogP contribution is 2.29. The predicted octanol–water partition coefficient (Wildman–Crippen LogP) is 2.63. The van der Waals surface area contributed by atoms with Crippen LogP contribution in [0.4, 0.5) is 17.1 Å². The van der Waals surface area contributed by atoms with Gasteiger partial charge in [-0.3, -0.25) is 14.4 Å². The summed E-state index contributed by atoms with van der Waals surface area (Å²) in [6.45, 7) is 2.65. The minimum Gasteiger partial charge on any atom is -0.374 e. The number of likely N-dealkylation sites (N-methyl/N-ethyl adjacent to an activating group) is 1. The summed E-state index contributed by atoms with van der Waals surface area (Å²) in [6.07, 6.45) is 1.39. The van der Waals surface area contributed by atoms with Crippen LogP contribution in [0.1, 0.15) is 18.4 Å². The number of carbonyl (C=O) groups is 3. The van der Waals surface area contributed by atoms with Crippen molar-refractivity contribution in [2.45, 2.75) is 19.8 Å². The lowest BCUT2D eigenvalue weighted by Gasteiger charge is -2.22. The van der Waals surface area contributed by atoms with E-state index in [1.165, 1.54) is 4.90 Å². The summed E-state index contributed by atoms with van der Waals surface area (Å²) >= 11 is 0. The number of hydrogen-bond acceptors (Lipinski definition) is 4. The summed E-state index contributed by atoms with van der Waals surface area (Å²) in [5.41, 5.74) is 3.32. The summed E-state index contributed by atoms with van der Waals surface area (Å²) in [5.74, 6) is -0.380. The second-order valence-electron chi connectivity index (χ2n) is 7.18. The van der Waals surface area contributed by atoms with E-state index in [4.69, 9.17) is 0 Å². The second-order valence-corrected chi connectivity index (χ2v) is 7.18. The molecule has 2 aromatic rings. The van der Waals surface area contributed by atoms with Gasteiger partial charge in [0.25, 0.3) is 0 Å². The molecule has 1 heterocycles. The molecular weight excluding hydrogens is 368 g/mol.